The van der Waals surface area contributed by atoms with Crippen LogP contribution in [0.25, 0.3) is 11.3 Å². The Morgan fingerprint density at radius 3 is 2.68 bits per heavy atom. The molecule has 0 saturated heterocycles. The minimum absolute atomic E-state index is 0.513. The summed E-state index contributed by atoms with van der Waals surface area (Å²) in [6.45, 7) is 2.42. The average molecular weight is 262 g/mol. The Hall–Kier alpha value is -2.01. The van der Waals surface area contributed by atoms with Gasteiger partial charge in [-0.15, -0.1) is 0 Å². The Morgan fingerprint density at radius 2 is 2.05 bits per heavy atom. The normalized spacial score (nSPS) is 10.5. The summed E-state index contributed by atoms with van der Waals surface area (Å²) in [5.74, 6) is 2.79. The van der Waals surface area contributed by atoms with Crippen molar-refractivity contribution in [3.63, 3.8) is 0 Å². The highest BCUT2D eigenvalue weighted by atomic mass is 16.5. The molecule has 0 spiro atoms. The van der Waals surface area contributed by atoms with Gasteiger partial charge in [0, 0.05) is 19.0 Å². The Bertz CT molecular complexity index is 564. The van der Waals surface area contributed by atoms with E-state index in [1.165, 1.54) is 0 Å². The summed E-state index contributed by atoms with van der Waals surface area (Å²) < 4.78 is 16.3. The molecule has 0 aliphatic carbocycles. The molecule has 0 fully saturated rings. The Labute approximate surface area is 112 Å². The first-order chi connectivity index (χ1) is 9.19. The van der Waals surface area contributed by atoms with Crippen LogP contribution < -0.4 is 15.2 Å². The highest BCUT2D eigenvalue weighted by Gasteiger charge is 2.16. The molecule has 5 heteroatoms. The lowest BCUT2D eigenvalue weighted by atomic mass is 10.1. The monoisotopic (exact) mass is 262 g/mol. The van der Waals surface area contributed by atoms with E-state index in [0.717, 1.165) is 17.0 Å². The van der Waals surface area contributed by atoms with Gasteiger partial charge in [0.05, 0.1) is 25.5 Å². The van der Waals surface area contributed by atoms with Crippen LogP contribution in [0.3, 0.4) is 0 Å². The third kappa shape index (κ3) is 2.71. The number of hydrogen-bond donors (Lipinski definition) is 1. The van der Waals surface area contributed by atoms with Crippen molar-refractivity contribution in [3.8, 4) is 22.8 Å². The van der Waals surface area contributed by atoms with Gasteiger partial charge >= 0.3 is 0 Å². The Kier molecular flexibility index (Phi) is 4.06. The third-order valence-electron chi connectivity index (χ3n) is 2.85. The van der Waals surface area contributed by atoms with E-state index in [9.17, 15) is 0 Å². The van der Waals surface area contributed by atoms with Gasteiger partial charge in [-0.3, -0.25) is 0 Å². The number of hydrogen-bond acceptors (Lipinski definition) is 5. The van der Waals surface area contributed by atoms with Crippen molar-refractivity contribution >= 4 is 0 Å². The maximum Gasteiger partial charge on any atom is 0.196 e. The number of aryl methyl sites for hydroxylation is 1. The van der Waals surface area contributed by atoms with E-state index in [0.29, 0.717) is 30.4 Å². The molecule has 2 aromatic rings. The molecule has 102 valence electrons. The van der Waals surface area contributed by atoms with Gasteiger partial charge in [-0.2, -0.15) is 0 Å². The fraction of sp³-hybridized carbons (Fsp3) is 0.357. The van der Waals surface area contributed by atoms with Crippen molar-refractivity contribution in [3.05, 3.63) is 29.8 Å². The van der Waals surface area contributed by atoms with Gasteiger partial charge in [0.2, 0.25) is 0 Å². The van der Waals surface area contributed by atoms with Crippen LogP contribution in [0.1, 0.15) is 11.6 Å². The van der Waals surface area contributed by atoms with Gasteiger partial charge in [0.1, 0.15) is 11.5 Å². The minimum Gasteiger partial charge on any atom is -0.497 e. The van der Waals surface area contributed by atoms with Crippen LogP contribution in [0.15, 0.2) is 22.6 Å². The van der Waals surface area contributed by atoms with E-state index in [-0.39, 0.29) is 0 Å². The SMILES string of the molecule is COc1ccc(-c2oc(CCN)nc2C)c(OC)c1. The van der Waals surface area contributed by atoms with Crippen molar-refractivity contribution < 1.29 is 13.9 Å². The second-order valence-electron chi connectivity index (χ2n) is 4.13. The van der Waals surface area contributed by atoms with Gasteiger partial charge in [-0.25, -0.2) is 4.98 Å². The van der Waals surface area contributed by atoms with E-state index < -0.39 is 0 Å². The molecule has 0 unspecified atom stereocenters. The van der Waals surface area contributed by atoms with Crippen LogP contribution in [-0.2, 0) is 6.42 Å². The maximum atomic E-state index is 5.74. The van der Waals surface area contributed by atoms with Gasteiger partial charge in [-0.05, 0) is 19.1 Å². The number of nitrogens with two attached hydrogens (primary N) is 1. The fourth-order valence-electron chi connectivity index (χ4n) is 1.92. The molecule has 0 amide bonds. The summed E-state index contributed by atoms with van der Waals surface area (Å²) in [6, 6.07) is 5.58. The molecule has 0 aliphatic rings. The largest absolute Gasteiger partial charge is 0.497 e. The smallest absolute Gasteiger partial charge is 0.196 e. The number of benzene rings is 1. The minimum atomic E-state index is 0.513. The van der Waals surface area contributed by atoms with Crippen LogP contribution >= 0.6 is 0 Å². The first kappa shape index (κ1) is 13.4. The summed E-state index contributed by atoms with van der Waals surface area (Å²) in [5, 5.41) is 0. The quantitative estimate of drug-likeness (QED) is 0.894. The predicted octanol–water partition coefficient (Wildman–Crippen LogP) is 2.17. The van der Waals surface area contributed by atoms with Crippen molar-refractivity contribution in [2.75, 3.05) is 20.8 Å². The summed E-state index contributed by atoms with van der Waals surface area (Å²) >= 11 is 0. The van der Waals surface area contributed by atoms with Crippen LogP contribution in [0, 0.1) is 6.92 Å². The van der Waals surface area contributed by atoms with E-state index >= 15 is 0 Å². The van der Waals surface area contributed by atoms with Crippen LogP contribution in [0.5, 0.6) is 11.5 Å². The molecule has 19 heavy (non-hydrogen) atoms. The number of methoxy groups -OCH3 is 2. The third-order valence-corrected chi connectivity index (χ3v) is 2.85. The summed E-state index contributed by atoms with van der Waals surface area (Å²) in [7, 11) is 3.23. The molecule has 0 bridgehead atoms. The van der Waals surface area contributed by atoms with Crippen LogP contribution in [0.2, 0.25) is 0 Å². The first-order valence-electron chi connectivity index (χ1n) is 6.08. The number of oxazole rings is 1. The van der Waals surface area contributed by atoms with Crippen molar-refractivity contribution in [2.24, 2.45) is 5.73 Å². The molecular weight excluding hydrogens is 244 g/mol. The topological polar surface area (TPSA) is 70.5 Å². The molecular formula is C14H18N2O3. The molecule has 0 saturated carbocycles. The van der Waals surface area contributed by atoms with Crippen LogP contribution in [0.4, 0.5) is 0 Å². The molecule has 0 radical (unpaired) electrons. The molecule has 1 heterocycles. The van der Waals surface area contributed by atoms with Crippen LogP contribution in [-0.4, -0.2) is 25.7 Å². The Morgan fingerprint density at radius 1 is 1.26 bits per heavy atom. The molecule has 1 aromatic heterocycles. The van der Waals surface area contributed by atoms with Gasteiger partial charge in [-0.1, -0.05) is 0 Å². The first-order valence-corrected chi connectivity index (χ1v) is 6.08. The zero-order valence-electron chi connectivity index (χ0n) is 11.4. The molecule has 0 atom stereocenters. The van der Waals surface area contributed by atoms with Gasteiger partial charge in [0.25, 0.3) is 0 Å². The molecule has 1 aromatic carbocycles. The average Bonchev–Trinajstić information content (AvgIpc) is 2.79. The second-order valence-corrected chi connectivity index (χ2v) is 4.13. The molecule has 2 rings (SSSR count). The maximum absolute atomic E-state index is 5.74. The zero-order chi connectivity index (χ0) is 13.8. The van der Waals surface area contributed by atoms with E-state index in [2.05, 4.69) is 4.98 Å². The van der Waals surface area contributed by atoms with Gasteiger partial charge < -0.3 is 19.6 Å². The predicted molar refractivity (Wildman–Crippen MR) is 72.5 cm³/mol. The van der Waals surface area contributed by atoms with E-state index in [4.69, 9.17) is 19.6 Å². The lowest BCUT2D eigenvalue weighted by molar-refractivity contribution is 0.394. The highest BCUT2D eigenvalue weighted by molar-refractivity contribution is 5.69. The summed E-state index contributed by atoms with van der Waals surface area (Å²) in [5.41, 5.74) is 7.20. The van der Waals surface area contributed by atoms with Crippen molar-refractivity contribution in [1.82, 2.24) is 4.98 Å². The molecule has 0 aliphatic heterocycles. The Balaban J connectivity index is 2.45. The zero-order valence-corrected chi connectivity index (χ0v) is 11.4. The van der Waals surface area contributed by atoms with E-state index in [1.54, 1.807) is 14.2 Å². The number of rotatable bonds is 5. The van der Waals surface area contributed by atoms with Gasteiger partial charge in [0.15, 0.2) is 11.7 Å². The molecule has 5 nitrogen and oxygen atoms in total. The molecule has 2 N–H and O–H groups in total. The fourth-order valence-corrected chi connectivity index (χ4v) is 1.92. The second kappa shape index (κ2) is 5.75. The van der Waals surface area contributed by atoms with Crippen molar-refractivity contribution in [2.45, 2.75) is 13.3 Å². The van der Waals surface area contributed by atoms with E-state index in [1.807, 2.05) is 25.1 Å². The lowest BCUT2D eigenvalue weighted by Gasteiger charge is -2.08. The summed E-state index contributed by atoms with van der Waals surface area (Å²) in [4.78, 5) is 4.36. The van der Waals surface area contributed by atoms with Crippen molar-refractivity contribution in [1.29, 1.82) is 0 Å². The number of aromatic nitrogens is 1. The standard InChI is InChI=1S/C14H18N2O3/c1-9-14(19-13(16-9)6-7-15)11-5-4-10(17-2)8-12(11)18-3/h4-5,8H,6-7,15H2,1-3H3. The number of ether oxygens (including phenoxy) is 2. The highest BCUT2D eigenvalue weighted by Crippen LogP contribution is 2.35. The number of nitrogens with zero attached hydrogens (tertiary/aromatic N) is 1. The summed E-state index contributed by atoms with van der Waals surface area (Å²) in [6.07, 6.45) is 0.624. The lowest BCUT2D eigenvalue weighted by Crippen LogP contribution is -2.02.